The number of aryl methyl sites for hydroxylation is 1. The van der Waals surface area contributed by atoms with E-state index in [0.29, 0.717) is 11.5 Å². The van der Waals surface area contributed by atoms with Crippen molar-refractivity contribution in [3.8, 4) is 17.2 Å². The molecule has 1 unspecified atom stereocenters. The Hall–Kier alpha value is -2.49. The van der Waals surface area contributed by atoms with Crippen LogP contribution in [0, 0.1) is 13.8 Å². The van der Waals surface area contributed by atoms with E-state index in [1.54, 1.807) is 14.2 Å². The molecule has 0 spiro atoms. The monoisotopic (exact) mass is 328 g/mol. The third-order valence-electron chi connectivity index (χ3n) is 4.30. The average molecular weight is 328 g/mol. The molecule has 4 heteroatoms. The molecule has 0 bridgehead atoms. The summed E-state index contributed by atoms with van der Waals surface area (Å²) in [5.74, 6) is 1.61. The van der Waals surface area contributed by atoms with Gasteiger partial charge in [0.15, 0.2) is 11.5 Å². The smallest absolute Gasteiger partial charge is 0.308 e. The third kappa shape index (κ3) is 3.70. The van der Waals surface area contributed by atoms with Gasteiger partial charge in [-0.25, -0.2) is 0 Å². The van der Waals surface area contributed by atoms with Gasteiger partial charge < -0.3 is 14.2 Å². The largest absolute Gasteiger partial charge is 0.496 e. The van der Waals surface area contributed by atoms with E-state index in [4.69, 9.17) is 14.2 Å². The summed E-state index contributed by atoms with van der Waals surface area (Å²) in [5, 5.41) is 0. The summed E-state index contributed by atoms with van der Waals surface area (Å²) in [5.41, 5.74) is 4.51. The lowest BCUT2D eigenvalue weighted by atomic mass is 9.90. The number of carbonyl (C=O) groups is 1. The number of hydrogen-bond donors (Lipinski definition) is 0. The SMILES string of the molecule is COc1ccc(C(C)c2cc(C)c(C)c(OC)c2)cc1OC(C)=O. The minimum atomic E-state index is -0.369. The second-order valence-electron chi connectivity index (χ2n) is 5.89. The highest BCUT2D eigenvalue weighted by Gasteiger charge is 2.16. The highest BCUT2D eigenvalue weighted by molar-refractivity contribution is 5.70. The fraction of sp³-hybridized carbons (Fsp3) is 0.350. The van der Waals surface area contributed by atoms with Gasteiger partial charge in [0.25, 0.3) is 0 Å². The lowest BCUT2D eigenvalue weighted by Crippen LogP contribution is -2.05. The van der Waals surface area contributed by atoms with Crippen molar-refractivity contribution >= 4 is 5.97 Å². The van der Waals surface area contributed by atoms with Gasteiger partial charge in [-0.15, -0.1) is 0 Å². The predicted octanol–water partition coefficient (Wildman–Crippen LogP) is 4.40. The van der Waals surface area contributed by atoms with E-state index in [1.165, 1.54) is 12.5 Å². The maximum atomic E-state index is 11.3. The van der Waals surface area contributed by atoms with Crippen LogP contribution in [-0.2, 0) is 4.79 Å². The summed E-state index contributed by atoms with van der Waals surface area (Å²) in [7, 11) is 3.24. The molecule has 0 aliphatic carbocycles. The summed E-state index contributed by atoms with van der Waals surface area (Å²) >= 11 is 0. The Morgan fingerprint density at radius 3 is 2.12 bits per heavy atom. The van der Waals surface area contributed by atoms with Crippen LogP contribution >= 0.6 is 0 Å². The molecule has 0 radical (unpaired) electrons. The molecule has 2 aromatic carbocycles. The van der Waals surface area contributed by atoms with Crippen LogP contribution in [0.5, 0.6) is 17.2 Å². The Morgan fingerprint density at radius 1 is 0.917 bits per heavy atom. The number of methoxy groups -OCH3 is 2. The van der Waals surface area contributed by atoms with Gasteiger partial charge in [-0.2, -0.15) is 0 Å². The molecule has 2 aromatic rings. The minimum Gasteiger partial charge on any atom is -0.496 e. The highest BCUT2D eigenvalue weighted by atomic mass is 16.6. The van der Waals surface area contributed by atoms with Crippen molar-refractivity contribution in [3.05, 3.63) is 52.6 Å². The lowest BCUT2D eigenvalue weighted by molar-refractivity contribution is -0.132. The maximum absolute atomic E-state index is 11.3. The normalized spacial score (nSPS) is 11.8. The molecule has 0 amide bonds. The van der Waals surface area contributed by atoms with Crippen molar-refractivity contribution in [3.63, 3.8) is 0 Å². The van der Waals surface area contributed by atoms with Gasteiger partial charge in [0, 0.05) is 12.8 Å². The Bertz CT molecular complexity index is 750. The number of carbonyl (C=O) groups excluding carboxylic acids is 1. The van der Waals surface area contributed by atoms with Crippen molar-refractivity contribution in [2.24, 2.45) is 0 Å². The third-order valence-corrected chi connectivity index (χ3v) is 4.30. The first-order chi connectivity index (χ1) is 11.4. The fourth-order valence-corrected chi connectivity index (χ4v) is 2.71. The quantitative estimate of drug-likeness (QED) is 0.603. The Balaban J connectivity index is 2.44. The first kappa shape index (κ1) is 17.9. The van der Waals surface area contributed by atoms with E-state index in [1.807, 2.05) is 18.2 Å². The summed E-state index contributed by atoms with van der Waals surface area (Å²) < 4.78 is 16.0. The first-order valence-electron chi connectivity index (χ1n) is 7.88. The summed E-state index contributed by atoms with van der Waals surface area (Å²) in [4.78, 5) is 11.3. The molecule has 0 aliphatic rings. The molecule has 0 saturated heterocycles. The van der Waals surface area contributed by atoms with Crippen molar-refractivity contribution in [2.45, 2.75) is 33.6 Å². The van der Waals surface area contributed by atoms with Crippen LogP contribution in [0.1, 0.15) is 42.0 Å². The van der Waals surface area contributed by atoms with Crippen LogP contribution in [-0.4, -0.2) is 20.2 Å². The van der Waals surface area contributed by atoms with E-state index in [0.717, 1.165) is 22.4 Å². The van der Waals surface area contributed by atoms with Crippen LogP contribution in [0.4, 0.5) is 0 Å². The summed E-state index contributed by atoms with van der Waals surface area (Å²) in [6.07, 6.45) is 0. The molecule has 0 aliphatic heterocycles. The summed E-state index contributed by atoms with van der Waals surface area (Å²) in [6, 6.07) is 9.88. The number of esters is 1. The van der Waals surface area contributed by atoms with E-state index in [-0.39, 0.29) is 11.9 Å². The van der Waals surface area contributed by atoms with Crippen LogP contribution in [0.15, 0.2) is 30.3 Å². The molecule has 24 heavy (non-hydrogen) atoms. The van der Waals surface area contributed by atoms with E-state index in [9.17, 15) is 4.79 Å². The van der Waals surface area contributed by atoms with Crippen molar-refractivity contribution in [2.75, 3.05) is 14.2 Å². The van der Waals surface area contributed by atoms with Gasteiger partial charge in [-0.1, -0.05) is 19.1 Å². The molecule has 2 rings (SSSR count). The van der Waals surface area contributed by atoms with Crippen molar-refractivity contribution in [1.29, 1.82) is 0 Å². The predicted molar refractivity (Wildman–Crippen MR) is 94.3 cm³/mol. The number of benzene rings is 2. The number of ether oxygens (including phenoxy) is 3. The van der Waals surface area contributed by atoms with Crippen LogP contribution in [0.2, 0.25) is 0 Å². The fourth-order valence-electron chi connectivity index (χ4n) is 2.71. The lowest BCUT2D eigenvalue weighted by Gasteiger charge is -2.18. The van der Waals surface area contributed by atoms with E-state index in [2.05, 4.69) is 32.9 Å². The van der Waals surface area contributed by atoms with E-state index < -0.39 is 0 Å². The maximum Gasteiger partial charge on any atom is 0.308 e. The molecule has 0 aromatic heterocycles. The zero-order valence-electron chi connectivity index (χ0n) is 15.1. The van der Waals surface area contributed by atoms with Crippen LogP contribution in [0.3, 0.4) is 0 Å². The Kier molecular flexibility index (Phi) is 5.50. The molecule has 0 heterocycles. The molecule has 4 nitrogen and oxygen atoms in total. The van der Waals surface area contributed by atoms with E-state index >= 15 is 0 Å². The number of rotatable bonds is 5. The molecular weight excluding hydrogens is 304 g/mol. The van der Waals surface area contributed by atoms with Gasteiger partial charge in [0.05, 0.1) is 14.2 Å². The van der Waals surface area contributed by atoms with Gasteiger partial charge in [-0.05, 0) is 54.3 Å². The zero-order chi connectivity index (χ0) is 17.9. The molecule has 128 valence electrons. The molecule has 0 fully saturated rings. The molecule has 1 atom stereocenters. The van der Waals surface area contributed by atoms with Crippen molar-refractivity contribution < 1.29 is 19.0 Å². The van der Waals surface area contributed by atoms with Gasteiger partial charge in [0.1, 0.15) is 5.75 Å². The van der Waals surface area contributed by atoms with Crippen LogP contribution in [0.25, 0.3) is 0 Å². The molecule has 0 N–H and O–H groups in total. The van der Waals surface area contributed by atoms with Gasteiger partial charge in [0.2, 0.25) is 0 Å². The number of hydrogen-bond acceptors (Lipinski definition) is 4. The van der Waals surface area contributed by atoms with Crippen LogP contribution < -0.4 is 14.2 Å². The second-order valence-corrected chi connectivity index (χ2v) is 5.89. The standard InChI is InChI=1S/C20H24O4/c1-12-9-17(11-19(23-6)13(12)2)14(3)16-7-8-18(22-5)20(10-16)24-15(4)21/h7-11,14H,1-6H3. The summed E-state index contributed by atoms with van der Waals surface area (Å²) in [6.45, 7) is 7.62. The zero-order valence-corrected chi connectivity index (χ0v) is 15.1. The minimum absolute atomic E-state index is 0.124. The second kappa shape index (κ2) is 7.39. The molecular formula is C20H24O4. The Labute approximate surface area is 143 Å². The Morgan fingerprint density at radius 2 is 1.54 bits per heavy atom. The topological polar surface area (TPSA) is 44.8 Å². The average Bonchev–Trinajstić information content (AvgIpc) is 2.56. The highest BCUT2D eigenvalue weighted by Crippen LogP contribution is 2.35. The van der Waals surface area contributed by atoms with Crippen molar-refractivity contribution in [1.82, 2.24) is 0 Å². The first-order valence-corrected chi connectivity index (χ1v) is 7.88. The molecule has 0 saturated carbocycles. The van der Waals surface area contributed by atoms with Gasteiger partial charge >= 0.3 is 5.97 Å². The van der Waals surface area contributed by atoms with Gasteiger partial charge in [-0.3, -0.25) is 4.79 Å².